The Bertz CT molecular complexity index is 1860. The number of nitrogens with zero attached hydrogens (tertiary/aromatic N) is 2. The maximum absolute atomic E-state index is 4.83. The van der Waals surface area contributed by atoms with Gasteiger partial charge in [-0.05, 0) is 0 Å². The fourth-order valence-corrected chi connectivity index (χ4v) is 7.84. The molecule has 0 aliphatic heterocycles. The molecular weight excluding hydrogens is 449 g/mol. The molecule has 0 aliphatic rings. The van der Waals surface area contributed by atoms with Crippen LogP contribution in [0.4, 0.5) is 0 Å². The van der Waals surface area contributed by atoms with Crippen molar-refractivity contribution in [2.24, 2.45) is 0 Å². The number of benzene rings is 6. The molecule has 0 bridgehead atoms. The first-order chi connectivity index (χ1) is 15.5. The van der Waals surface area contributed by atoms with E-state index in [0.29, 0.717) is 0 Å². The van der Waals surface area contributed by atoms with Gasteiger partial charge < -0.3 is 0 Å². The average molecular weight is 471 g/mol. The topological polar surface area (TPSA) is 25.8 Å². The van der Waals surface area contributed by atoms with Crippen LogP contribution in [-0.4, -0.2) is 23.2 Å². The van der Waals surface area contributed by atoms with Gasteiger partial charge in [0.05, 0.1) is 0 Å². The Morgan fingerprint density at radius 1 is 0.531 bits per heavy atom. The minimum absolute atomic E-state index is 1.05. The van der Waals surface area contributed by atoms with Gasteiger partial charge in [-0.15, -0.1) is 0 Å². The normalized spacial score (nSPS) is 12.8. The summed E-state index contributed by atoms with van der Waals surface area (Å²) in [6.07, 6.45) is 1.74. The molecule has 0 aliphatic carbocycles. The number of hydrogen-bond donors (Lipinski definition) is 0. The second kappa shape index (κ2) is 6.17. The van der Waals surface area contributed by atoms with Crippen molar-refractivity contribution in [2.75, 3.05) is 0 Å². The van der Waals surface area contributed by atoms with Crippen LogP contribution in [0.1, 0.15) is 0 Å². The van der Waals surface area contributed by atoms with Crippen molar-refractivity contribution in [1.82, 2.24) is 9.97 Å². The summed E-state index contributed by atoms with van der Waals surface area (Å²) in [5.74, 6) is 7.38. The van der Waals surface area contributed by atoms with Gasteiger partial charge in [0.2, 0.25) is 0 Å². The molecule has 0 saturated heterocycles. The predicted molar refractivity (Wildman–Crippen MR) is 141 cm³/mol. The zero-order chi connectivity index (χ0) is 21.6. The summed E-state index contributed by atoms with van der Waals surface area (Å²) in [6, 6.07) is 27.1. The molecule has 0 fully saturated rings. The van der Waals surface area contributed by atoms with Crippen LogP contribution in [0.15, 0.2) is 79.1 Å². The fraction of sp³-hybridized carbons (Fsp3) is 0.103. The van der Waals surface area contributed by atoms with Crippen molar-refractivity contribution in [1.29, 1.82) is 0 Å². The monoisotopic (exact) mass is 472 g/mol. The standard InChI is InChI=1S/C29H22GeN2/c1-30(2,3)19-11-12-22-24(15-19)21-10-6-9-20-23-13-17-7-4-5-8-18(17)14-25(23)29-27(26(20)21)28(22)31-16-32-29/h4-16H,1-3H3. The first kappa shape index (κ1) is 18.3. The van der Waals surface area contributed by atoms with E-state index >= 15 is 0 Å². The molecule has 1 heterocycles. The Hall–Kier alpha value is -3.24. The van der Waals surface area contributed by atoms with E-state index in [1.54, 1.807) is 6.33 Å². The van der Waals surface area contributed by atoms with Gasteiger partial charge in [-0.25, -0.2) is 0 Å². The SMILES string of the molecule is [CH3][Ge]([CH3])([CH3])[c]1ccc2c(c1)c1cccc3c4cc5ccccc5cc4c4ncnc2c4c13. The molecule has 2 nitrogen and oxygen atoms in total. The van der Waals surface area contributed by atoms with Crippen molar-refractivity contribution in [2.45, 2.75) is 17.3 Å². The van der Waals surface area contributed by atoms with E-state index in [9.17, 15) is 0 Å². The Balaban J connectivity index is 1.81. The molecule has 0 N–H and O–H groups in total. The van der Waals surface area contributed by atoms with Gasteiger partial charge >= 0.3 is 189 Å². The molecule has 0 atom stereocenters. The molecule has 0 saturated carbocycles. The van der Waals surface area contributed by atoms with Crippen LogP contribution < -0.4 is 4.40 Å². The van der Waals surface area contributed by atoms with E-state index in [1.165, 1.54) is 58.3 Å². The first-order valence-corrected chi connectivity index (χ1v) is 18.5. The van der Waals surface area contributed by atoms with Gasteiger partial charge in [0.15, 0.2) is 0 Å². The predicted octanol–water partition coefficient (Wildman–Crippen LogP) is 7.38. The third-order valence-corrected chi connectivity index (χ3v) is 11.3. The van der Waals surface area contributed by atoms with Gasteiger partial charge in [0.1, 0.15) is 0 Å². The number of hydrogen-bond acceptors (Lipinski definition) is 2. The molecule has 1 aromatic heterocycles. The Labute approximate surface area is 188 Å². The summed E-state index contributed by atoms with van der Waals surface area (Å²) in [5.41, 5.74) is 2.12. The third kappa shape index (κ3) is 2.36. The van der Waals surface area contributed by atoms with Crippen LogP contribution >= 0.6 is 0 Å². The third-order valence-electron chi connectivity index (χ3n) is 7.02. The molecule has 0 spiro atoms. The summed E-state index contributed by atoms with van der Waals surface area (Å²) >= 11 is -1.97. The van der Waals surface area contributed by atoms with E-state index in [0.717, 1.165) is 11.0 Å². The maximum atomic E-state index is 4.83. The molecule has 0 unspecified atom stereocenters. The quantitative estimate of drug-likeness (QED) is 0.142. The second-order valence-electron chi connectivity index (χ2n) is 9.93. The molecule has 3 heteroatoms. The van der Waals surface area contributed by atoms with E-state index in [1.807, 2.05) is 0 Å². The summed E-state index contributed by atoms with van der Waals surface area (Å²) in [6.45, 7) is 0. The fourth-order valence-electron chi connectivity index (χ4n) is 5.40. The van der Waals surface area contributed by atoms with Crippen LogP contribution in [0.3, 0.4) is 0 Å². The van der Waals surface area contributed by atoms with Crippen molar-refractivity contribution in [3.05, 3.63) is 79.1 Å². The van der Waals surface area contributed by atoms with Gasteiger partial charge in [0, 0.05) is 0 Å². The zero-order valence-electron chi connectivity index (χ0n) is 18.4. The molecule has 7 rings (SSSR count). The van der Waals surface area contributed by atoms with Crippen LogP contribution in [-0.2, 0) is 0 Å². The van der Waals surface area contributed by atoms with E-state index < -0.39 is 13.3 Å². The minimum atomic E-state index is -1.97. The van der Waals surface area contributed by atoms with Crippen LogP contribution in [0.25, 0.3) is 64.9 Å². The first-order valence-electron chi connectivity index (χ1n) is 11.2. The zero-order valence-corrected chi connectivity index (χ0v) is 20.5. The van der Waals surface area contributed by atoms with E-state index in [2.05, 4.69) is 90.1 Å². The number of aromatic nitrogens is 2. The second-order valence-corrected chi connectivity index (χ2v) is 20.6. The van der Waals surface area contributed by atoms with E-state index in [-0.39, 0.29) is 0 Å². The number of rotatable bonds is 1. The molecule has 0 radical (unpaired) electrons. The van der Waals surface area contributed by atoms with Gasteiger partial charge in [-0.3, -0.25) is 0 Å². The van der Waals surface area contributed by atoms with Crippen LogP contribution in [0, 0.1) is 0 Å². The Morgan fingerprint density at radius 2 is 1.16 bits per heavy atom. The average Bonchev–Trinajstić information content (AvgIpc) is 2.81. The molecular formula is C29H22GeN2. The molecule has 0 amide bonds. The molecule has 6 aromatic carbocycles. The van der Waals surface area contributed by atoms with Gasteiger partial charge in [0.25, 0.3) is 0 Å². The summed E-state index contributed by atoms with van der Waals surface area (Å²) in [4.78, 5) is 9.66. The van der Waals surface area contributed by atoms with Crippen LogP contribution in [0.2, 0.25) is 17.3 Å². The van der Waals surface area contributed by atoms with Crippen LogP contribution in [0.5, 0.6) is 0 Å². The summed E-state index contributed by atoms with van der Waals surface area (Å²) in [5, 5.41) is 12.6. The van der Waals surface area contributed by atoms with Crippen molar-refractivity contribution < 1.29 is 0 Å². The van der Waals surface area contributed by atoms with Crippen molar-refractivity contribution in [3.63, 3.8) is 0 Å². The molecule has 32 heavy (non-hydrogen) atoms. The Kier molecular flexibility index (Phi) is 3.54. The summed E-state index contributed by atoms with van der Waals surface area (Å²) in [7, 11) is 0. The van der Waals surface area contributed by atoms with Gasteiger partial charge in [-0.1, -0.05) is 0 Å². The van der Waals surface area contributed by atoms with Gasteiger partial charge in [-0.2, -0.15) is 0 Å². The number of fused-ring (bicyclic) bond motifs is 7. The van der Waals surface area contributed by atoms with E-state index in [4.69, 9.17) is 9.97 Å². The summed E-state index contributed by atoms with van der Waals surface area (Å²) < 4.78 is 1.53. The van der Waals surface area contributed by atoms with Crippen molar-refractivity contribution in [3.8, 4) is 0 Å². The Morgan fingerprint density at radius 3 is 1.84 bits per heavy atom. The van der Waals surface area contributed by atoms with Crippen molar-refractivity contribution >= 4 is 82.6 Å². The molecule has 7 aromatic rings. The molecule has 152 valence electrons.